The van der Waals surface area contributed by atoms with Crippen LogP contribution in [0.2, 0.25) is 0 Å². The minimum absolute atomic E-state index is 0.345. The Balaban J connectivity index is 2.61. The van der Waals surface area contributed by atoms with E-state index in [-0.39, 0.29) is 0 Å². The monoisotopic (exact) mass is 290 g/mol. The molecule has 1 aromatic rings. The molecule has 1 amide bonds. The largest absolute Gasteiger partial charge is 0.444 e. The van der Waals surface area contributed by atoms with Crippen LogP contribution in [0.25, 0.3) is 5.57 Å². The summed E-state index contributed by atoms with van der Waals surface area (Å²) < 4.78 is 5.15. The molecule has 0 aliphatic rings. The van der Waals surface area contributed by atoms with Gasteiger partial charge in [-0.25, -0.2) is 4.79 Å². The third kappa shape index (κ3) is 6.07. The van der Waals surface area contributed by atoms with E-state index in [2.05, 4.69) is 15.6 Å². The van der Waals surface area contributed by atoms with E-state index in [1.807, 2.05) is 26.8 Å². The van der Waals surface area contributed by atoms with Crippen molar-refractivity contribution in [3.05, 3.63) is 35.8 Å². The molecule has 1 rings (SSSR count). The molecule has 0 atom stereocenters. The molecule has 0 radical (unpaired) electrons. The van der Waals surface area contributed by atoms with Gasteiger partial charge in [-0.05, 0) is 32.4 Å². The van der Waals surface area contributed by atoms with Gasteiger partial charge >= 0.3 is 6.09 Å². The van der Waals surface area contributed by atoms with Crippen LogP contribution in [-0.4, -0.2) is 29.9 Å². The highest BCUT2D eigenvalue weighted by Gasteiger charge is 2.15. The SMILES string of the molecule is CN/C=C(\C=N)c1ccc(CNC(=O)OC(C)(C)C)cn1. The van der Waals surface area contributed by atoms with Crippen molar-refractivity contribution >= 4 is 17.9 Å². The number of alkyl carbamates (subject to hydrolysis) is 1. The second-order valence-corrected chi connectivity index (χ2v) is 5.44. The van der Waals surface area contributed by atoms with Crippen LogP contribution in [0, 0.1) is 5.41 Å². The summed E-state index contributed by atoms with van der Waals surface area (Å²) >= 11 is 0. The minimum atomic E-state index is -0.511. The van der Waals surface area contributed by atoms with E-state index in [1.165, 1.54) is 6.21 Å². The number of aromatic nitrogens is 1. The number of allylic oxidation sites excluding steroid dienone is 1. The Morgan fingerprint density at radius 3 is 2.62 bits per heavy atom. The zero-order valence-electron chi connectivity index (χ0n) is 12.9. The molecule has 0 aliphatic carbocycles. The topological polar surface area (TPSA) is 87.1 Å². The van der Waals surface area contributed by atoms with E-state index in [1.54, 1.807) is 25.5 Å². The van der Waals surface area contributed by atoms with Gasteiger partial charge in [-0.15, -0.1) is 0 Å². The summed E-state index contributed by atoms with van der Waals surface area (Å²) in [6.07, 6.45) is 4.15. The molecule has 0 unspecified atom stereocenters. The van der Waals surface area contributed by atoms with Gasteiger partial charge in [0, 0.05) is 37.8 Å². The lowest BCUT2D eigenvalue weighted by Crippen LogP contribution is -2.32. The van der Waals surface area contributed by atoms with Crippen LogP contribution in [0.1, 0.15) is 32.0 Å². The normalized spacial score (nSPS) is 11.7. The lowest BCUT2D eigenvalue weighted by molar-refractivity contribution is 0.0523. The first kappa shape index (κ1) is 16.7. The van der Waals surface area contributed by atoms with Crippen LogP contribution >= 0.6 is 0 Å². The van der Waals surface area contributed by atoms with E-state index >= 15 is 0 Å². The van der Waals surface area contributed by atoms with E-state index in [0.717, 1.165) is 5.56 Å². The molecule has 1 aromatic heterocycles. The predicted molar refractivity (Wildman–Crippen MR) is 83.1 cm³/mol. The molecule has 6 heteroatoms. The molecular weight excluding hydrogens is 268 g/mol. The Hall–Kier alpha value is -2.37. The van der Waals surface area contributed by atoms with Gasteiger partial charge in [0.1, 0.15) is 5.60 Å². The quantitative estimate of drug-likeness (QED) is 0.726. The number of ether oxygens (including phenoxy) is 1. The molecule has 0 spiro atoms. The number of nitrogens with one attached hydrogen (secondary N) is 3. The summed E-state index contributed by atoms with van der Waals surface area (Å²) in [5, 5.41) is 12.9. The number of nitrogens with zero attached hydrogens (tertiary/aromatic N) is 1. The molecule has 0 saturated heterocycles. The maximum absolute atomic E-state index is 11.5. The van der Waals surface area contributed by atoms with Crippen molar-refractivity contribution in [2.75, 3.05) is 7.05 Å². The summed E-state index contributed by atoms with van der Waals surface area (Å²) in [6.45, 7) is 5.79. The summed E-state index contributed by atoms with van der Waals surface area (Å²) in [5.41, 5.74) is 1.73. The first-order valence-corrected chi connectivity index (χ1v) is 6.66. The Bertz CT molecular complexity index is 515. The van der Waals surface area contributed by atoms with Crippen molar-refractivity contribution in [2.24, 2.45) is 0 Å². The van der Waals surface area contributed by atoms with Crippen molar-refractivity contribution in [3.63, 3.8) is 0 Å². The van der Waals surface area contributed by atoms with Gasteiger partial charge in [-0.3, -0.25) is 4.98 Å². The average Bonchev–Trinajstić information content (AvgIpc) is 2.41. The van der Waals surface area contributed by atoms with Crippen LogP contribution < -0.4 is 10.6 Å². The highest BCUT2D eigenvalue weighted by atomic mass is 16.6. The number of carbonyl (C=O) groups excluding carboxylic acids is 1. The Labute approximate surface area is 125 Å². The number of amides is 1. The maximum atomic E-state index is 11.5. The molecule has 3 N–H and O–H groups in total. The van der Waals surface area contributed by atoms with E-state index in [4.69, 9.17) is 10.1 Å². The molecular formula is C15H22N4O2. The average molecular weight is 290 g/mol. The molecule has 0 aliphatic heterocycles. The lowest BCUT2D eigenvalue weighted by atomic mass is 10.1. The molecule has 21 heavy (non-hydrogen) atoms. The fourth-order valence-corrected chi connectivity index (χ4v) is 1.53. The van der Waals surface area contributed by atoms with Gasteiger partial charge in [0.05, 0.1) is 5.69 Å². The molecule has 0 fully saturated rings. The molecule has 1 heterocycles. The zero-order chi connectivity index (χ0) is 15.9. The maximum Gasteiger partial charge on any atom is 0.407 e. The Morgan fingerprint density at radius 2 is 2.14 bits per heavy atom. The third-order valence-corrected chi connectivity index (χ3v) is 2.41. The number of carbonyl (C=O) groups is 1. The van der Waals surface area contributed by atoms with Crippen LogP contribution in [0.15, 0.2) is 24.5 Å². The van der Waals surface area contributed by atoms with Crippen LogP contribution in [0.3, 0.4) is 0 Å². The number of hydrogen-bond acceptors (Lipinski definition) is 5. The summed E-state index contributed by atoms with van der Waals surface area (Å²) in [7, 11) is 1.77. The second kappa shape index (κ2) is 7.42. The van der Waals surface area contributed by atoms with Crippen molar-refractivity contribution in [1.82, 2.24) is 15.6 Å². The van der Waals surface area contributed by atoms with Crippen molar-refractivity contribution < 1.29 is 9.53 Å². The number of hydrogen-bond donors (Lipinski definition) is 3. The van der Waals surface area contributed by atoms with Gasteiger partial charge < -0.3 is 20.8 Å². The first-order chi connectivity index (χ1) is 9.85. The van der Waals surface area contributed by atoms with Crippen LogP contribution in [0.5, 0.6) is 0 Å². The summed E-state index contributed by atoms with van der Waals surface area (Å²) in [4.78, 5) is 15.8. The minimum Gasteiger partial charge on any atom is -0.444 e. The van der Waals surface area contributed by atoms with Gasteiger partial charge in [-0.1, -0.05) is 6.07 Å². The Kier molecular flexibility index (Phi) is 5.90. The number of rotatable bonds is 5. The van der Waals surface area contributed by atoms with Crippen molar-refractivity contribution in [1.29, 1.82) is 5.41 Å². The summed E-state index contributed by atoms with van der Waals surface area (Å²) in [6, 6.07) is 3.66. The predicted octanol–water partition coefficient (Wildman–Crippen LogP) is 2.32. The highest BCUT2D eigenvalue weighted by molar-refractivity contribution is 6.07. The molecule has 114 valence electrons. The Morgan fingerprint density at radius 1 is 1.43 bits per heavy atom. The fraction of sp³-hybridized carbons (Fsp3) is 0.400. The molecule has 0 aromatic carbocycles. The van der Waals surface area contributed by atoms with E-state index in [9.17, 15) is 4.79 Å². The van der Waals surface area contributed by atoms with Gasteiger partial charge in [-0.2, -0.15) is 0 Å². The van der Waals surface area contributed by atoms with E-state index < -0.39 is 11.7 Å². The smallest absolute Gasteiger partial charge is 0.407 e. The fourth-order valence-electron chi connectivity index (χ4n) is 1.53. The van der Waals surface area contributed by atoms with Crippen molar-refractivity contribution in [2.45, 2.75) is 32.9 Å². The lowest BCUT2D eigenvalue weighted by Gasteiger charge is -2.19. The second-order valence-electron chi connectivity index (χ2n) is 5.44. The summed E-state index contributed by atoms with van der Waals surface area (Å²) in [5.74, 6) is 0. The molecule has 6 nitrogen and oxygen atoms in total. The zero-order valence-corrected chi connectivity index (χ0v) is 12.9. The molecule has 0 saturated carbocycles. The van der Waals surface area contributed by atoms with Gasteiger partial charge in [0.2, 0.25) is 0 Å². The van der Waals surface area contributed by atoms with Crippen LogP contribution in [0.4, 0.5) is 4.79 Å². The van der Waals surface area contributed by atoms with Crippen LogP contribution in [-0.2, 0) is 11.3 Å². The standard InChI is InChI=1S/C15H22N4O2/c1-15(2,3)21-14(20)19-9-11-5-6-13(18-8-11)12(7-16)10-17-4/h5-8,10,16-17H,9H2,1-4H3,(H,19,20)/b12-10+,16-7?. The van der Waals surface area contributed by atoms with Gasteiger partial charge in [0.25, 0.3) is 0 Å². The number of pyridine rings is 1. The first-order valence-electron chi connectivity index (χ1n) is 6.66. The molecule has 0 bridgehead atoms. The third-order valence-electron chi connectivity index (χ3n) is 2.41. The highest BCUT2D eigenvalue weighted by Crippen LogP contribution is 2.10. The van der Waals surface area contributed by atoms with Gasteiger partial charge in [0.15, 0.2) is 0 Å². The van der Waals surface area contributed by atoms with E-state index in [0.29, 0.717) is 17.8 Å². The van der Waals surface area contributed by atoms with Crippen molar-refractivity contribution in [3.8, 4) is 0 Å².